The van der Waals surface area contributed by atoms with Gasteiger partial charge in [-0.15, -0.1) is 11.8 Å². The molecule has 0 radical (unpaired) electrons. The van der Waals surface area contributed by atoms with Crippen molar-refractivity contribution in [2.24, 2.45) is 5.92 Å². The zero-order chi connectivity index (χ0) is 36.9. The van der Waals surface area contributed by atoms with Crippen molar-refractivity contribution in [3.8, 4) is 16.9 Å². The monoisotopic (exact) mass is 735 g/mol. The first kappa shape index (κ1) is 37.0. The molecule has 6 nitrogen and oxygen atoms in total. The molecule has 1 saturated heterocycles. The number of amides is 1. The zero-order valence-corrected chi connectivity index (χ0v) is 28.9. The van der Waals surface area contributed by atoms with E-state index in [4.69, 9.17) is 14.2 Å². The Morgan fingerprint density at radius 2 is 1.42 bits per heavy atom. The Hall–Kier alpha value is -4.75. The first-order valence-electron chi connectivity index (χ1n) is 16.3. The zero-order valence-electron chi connectivity index (χ0n) is 28.0. The van der Waals surface area contributed by atoms with Crippen molar-refractivity contribution in [1.82, 2.24) is 5.32 Å². The lowest BCUT2D eigenvalue weighted by Gasteiger charge is -2.41. The fraction of sp³-hybridized carbons (Fsp3) is 0.225. The molecule has 0 bridgehead atoms. The van der Waals surface area contributed by atoms with Crippen LogP contribution >= 0.6 is 11.8 Å². The molecule has 1 amide bonds. The Morgan fingerprint density at radius 1 is 0.769 bits per heavy atom. The average molecular weight is 736 g/mol. The van der Waals surface area contributed by atoms with Crippen molar-refractivity contribution in [3.63, 3.8) is 0 Å². The smallest absolute Gasteiger partial charge is 0.257 e. The molecule has 5 aromatic carbocycles. The summed E-state index contributed by atoms with van der Waals surface area (Å²) in [6.45, 7) is 1.80. The van der Waals surface area contributed by atoms with Gasteiger partial charge in [0.15, 0.2) is 29.6 Å². The normalized spacial score (nSPS) is 18.6. The summed E-state index contributed by atoms with van der Waals surface area (Å²) in [6.07, 6.45) is -1.20. The summed E-state index contributed by atoms with van der Waals surface area (Å²) in [5.74, 6) is -11.2. The first-order chi connectivity index (χ1) is 25.1. The number of carbonyl (C=O) groups is 1. The predicted molar refractivity (Wildman–Crippen MR) is 186 cm³/mol. The number of nitrogens with one attached hydrogen (secondary N) is 1. The Kier molecular flexibility index (Phi) is 11.6. The van der Waals surface area contributed by atoms with E-state index >= 15 is 0 Å². The van der Waals surface area contributed by atoms with Crippen LogP contribution in [0.15, 0.2) is 102 Å². The minimum atomic E-state index is -2.34. The Bertz CT molecular complexity index is 2020. The summed E-state index contributed by atoms with van der Waals surface area (Å²) in [4.78, 5) is 13.5. The summed E-state index contributed by atoms with van der Waals surface area (Å²) < 4.78 is 87.7. The predicted octanol–water partition coefficient (Wildman–Crippen LogP) is 9.06. The molecule has 5 aromatic rings. The van der Waals surface area contributed by atoms with Gasteiger partial charge in [-0.1, -0.05) is 85.8 Å². The highest BCUT2D eigenvalue weighted by molar-refractivity contribution is 7.99. The molecule has 1 aliphatic heterocycles. The summed E-state index contributed by atoms with van der Waals surface area (Å²) in [6, 6.07) is 30.0. The number of thioether (sulfide) groups is 1. The van der Waals surface area contributed by atoms with Crippen LogP contribution < -0.4 is 10.1 Å². The average Bonchev–Trinajstić information content (AvgIpc) is 3.18. The number of para-hydroxylation sites is 1. The Balaban J connectivity index is 1.19. The molecule has 6 rings (SSSR count). The maximum Gasteiger partial charge on any atom is 0.257 e. The maximum atomic E-state index is 14.1. The van der Waals surface area contributed by atoms with Gasteiger partial charge in [0, 0.05) is 28.7 Å². The molecule has 0 spiro atoms. The minimum Gasteiger partial charge on any atom is -0.496 e. The van der Waals surface area contributed by atoms with Crippen LogP contribution in [0.2, 0.25) is 0 Å². The van der Waals surface area contributed by atoms with Crippen molar-refractivity contribution in [3.05, 3.63) is 154 Å². The summed E-state index contributed by atoms with van der Waals surface area (Å²) in [5.41, 5.74) is 3.08. The van der Waals surface area contributed by atoms with Crippen molar-refractivity contribution >= 4 is 17.7 Å². The highest BCUT2D eigenvalue weighted by atomic mass is 32.2. The molecule has 1 fully saturated rings. The second-order valence-electron chi connectivity index (χ2n) is 12.2. The molecule has 0 aliphatic carbocycles. The number of aliphatic hydroxyl groups is 1. The van der Waals surface area contributed by atoms with Crippen molar-refractivity contribution in [2.75, 3.05) is 12.9 Å². The lowest BCUT2D eigenvalue weighted by Crippen LogP contribution is -2.38. The summed E-state index contributed by atoms with van der Waals surface area (Å²) >= 11 is 1.64. The van der Waals surface area contributed by atoms with Gasteiger partial charge in [-0.05, 0) is 46.0 Å². The second kappa shape index (κ2) is 16.3. The SMILES string of the molecule is COc1ccccc1SC[C@@H]1O[C@H](c2ccc(-c3cccc(CNC(=O)c4c(F)c(F)c(F)c(F)c4F)c3)cc2)O[C@H](c2ccc(CO)cc2)[C@@H]1C. The standard InChI is InChI=1S/C40H34F5NO5S/c1-22-30(21-52-31-9-4-3-8-29(31)49-2)50-40(51-38(22)26-12-10-23(20-47)11-13-26)27-16-14-25(15-17-27)28-7-5-6-24(18-28)19-46-39(48)32-33(41)35(43)37(45)36(44)34(32)42/h3-18,22,30,38,40,47H,19-21H2,1-2H3,(H,46,48)/t22-,30+,38+,40+/m1/s1. The van der Waals surface area contributed by atoms with Crippen LogP contribution in [-0.4, -0.2) is 30.0 Å². The van der Waals surface area contributed by atoms with Crippen LogP contribution in [0.3, 0.4) is 0 Å². The highest BCUT2D eigenvalue weighted by Gasteiger charge is 2.38. The fourth-order valence-corrected chi connectivity index (χ4v) is 7.18. The molecular weight excluding hydrogens is 701 g/mol. The van der Waals surface area contributed by atoms with E-state index in [9.17, 15) is 31.9 Å². The van der Waals surface area contributed by atoms with E-state index in [-0.39, 0.29) is 31.3 Å². The highest BCUT2D eigenvalue weighted by Crippen LogP contribution is 2.44. The van der Waals surface area contributed by atoms with Crippen molar-refractivity contribution < 1.29 is 46.1 Å². The van der Waals surface area contributed by atoms with E-state index in [1.165, 1.54) is 0 Å². The number of benzene rings is 5. The van der Waals surface area contributed by atoms with Crippen LogP contribution in [0, 0.1) is 35.0 Å². The van der Waals surface area contributed by atoms with Gasteiger partial charge in [0.25, 0.3) is 5.91 Å². The molecule has 1 heterocycles. The number of ether oxygens (including phenoxy) is 3. The van der Waals surface area contributed by atoms with E-state index < -0.39 is 46.8 Å². The largest absolute Gasteiger partial charge is 0.496 e. The first-order valence-corrected chi connectivity index (χ1v) is 17.3. The topological polar surface area (TPSA) is 77.0 Å². The van der Waals surface area contributed by atoms with Crippen molar-refractivity contribution in [1.29, 1.82) is 0 Å². The number of halogens is 5. The quantitative estimate of drug-likeness (QED) is 0.0611. The van der Waals surface area contributed by atoms with Crippen LogP contribution in [-0.2, 0) is 22.6 Å². The van der Waals surface area contributed by atoms with E-state index in [1.807, 2.05) is 78.9 Å². The van der Waals surface area contributed by atoms with Gasteiger partial charge in [-0.3, -0.25) is 4.79 Å². The van der Waals surface area contributed by atoms with Gasteiger partial charge in [-0.25, -0.2) is 22.0 Å². The molecule has 0 saturated carbocycles. The van der Waals surface area contributed by atoms with Gasteiger partial charge in [0.2, 0.25) is 5.82 Å². The van der Waals surface area contributed by atoms with Crippen LogP contribution in [0.25, 0.3) is 11.1 Å². The number of rotatable bonds is 11. The third-order valence-electron chi connectivity index (χ3n) is 8.93. The maximum absolute atomic E-state index is 14.1. The molecule has 0 aromatic heterocycles. The van der Waals surface area contributed by atoms with E-state index in [0.717, 1.165) is 38.5 Å². The van der Waals surface area contributed by atoms with Gasteiger partial charge in [0.1, 0.15) is 11.3 Å². The van der Waals surface area contributed by atoms with Crippen LogP contribution in [0.5, 0.6) is 5.75 Å². The summed E-state index contributed by atoms with van der Waals surface area (Å²) in [7, 11) is 1.64. The molecule has 4 atom stereocenters. The van der Waals surface area contributed by atoms with E-state index in [0.29, 0.717) is 11.3 Å². The Labute approximate surface area is 301 Å². The molecular formula is C40H34F5NO5S. The third-order valence-corrected chi connectivity index (χ3v) is 10.1. The molecule has 0 unspecified atom stereocenters. The minimum absolute atomic E-state index is 0.0185. The molecule has 1 aliphatic rings. The van der Waals surface area contributed by atoms with Crippen LogP contribution in [0.4, 0.5) is 22.0 Å². The van der Waals surface area contributed by atoms with Crippen molar-refractivity contribution in [2.45, 2.75) is 43.5 Å². The number of carbonyl (C=O) groups excluding carboxylic acids is 1. The third kappa shape index (κ3) is 7.85. The van der Waals surface area contributed by atoms with E-state index in [1.54, 1.807) is 37.1 Å². The Morgan fingerprint density at radius 3 is 2.10 bits per heavy atom. The fourth-order valence-electron chi connectivity index (χ4n) is 5.99. The molecule has 52 heavy (non-hydrogen) atoms. The summed E-state index contributed by atoms with van der Waals surface area (Å²) in [5, 5.41) is 11.8. The molecule has 2 N–H and O–H groups in total. The number of hydrogen-bond donors (Lipinski definition) is 2. The van der Waals surface area contributed by atoms with Gasteiger partial charge in [0.05, 0.1) is 25.9 Å². The van der Waals surface area contributed by atoms with Gasteiger partial charge in [-0.2, -0.15) is 0 Å². The lowest BCUT2D eigenvalue weighted by molar-refractivity contribution is -0.268. The molecule has 12 heteroatoms. The number of aliphatic hydroxyl groups excluding tert-OH is 1. The van der Waals surface area contributed by atoms with Gasteiger partial charge < -0.3 is 24.6 Å². The lowest BCUT2D eigenvalue weighted by atomic mass is 9.91. The number of methoxy groups -OCH3 is 1. The second-order valence-corrected chi connectivity index (χ2v) is 13.3. The van der Waals surface area contributed by atoms with E-state index in [2.05, 4.69) is 12.2 Å². The molecule has 270 valence electrons. The number of hydrogen-bond acceptors (Lipinski definition) is 6. The van der Waals surface area contributed by atoms with Crippen LogP contribution in [0.1, 0.15) is 51.9 Å². The van der Waals surface area contributed by atoms with Gasteiger partial charge >= 0.3 is 0 Å².